The van der Waals surface area contributed by atoms with Crippen LogP contribution in [0.15, 0.2) is 18.5 Å². The van der Waals surface area contributed by atoms with E-state index in [1.165, 1.54) is 23.8 Å². The Kier molecular flexibility index (Phi) is 13.4. The minimum Gasteiger partial charge on any atom is -0.465 e. The van der Waals surface area contributed by atoms with Crippen molar-refractivity contribution in [2.45, 2.75) is 95.3 Å². The van der Waals surface area contributed by atoms with Gasteiger partial charge in [0.25, 0.3) is 11.8 Å². The molecule has 0 spiro atoms. The summed E-state index contributed by atoms with van der Waals surface area (Å²) >= 11 is 7.61. The van der Waals surface area contributed by atoms with Crippen molar-refractivity contribution in [2.24, 2.45) is 13.0 Å². The van der Waals surface area contributed by atoms with E-state index in [2.05, 4.69) is 36.7 Å². The van der Waals surface area contributed by atoms with Gasteiger partial charge in [-0.15, -0.1) is 11.3 Å². The van der Waals surface area contributed by atoms with Crippen molar-refractivity contribution >= 4 is 70.4 Å². The molecular formula is C39H48ClN11O8S. The number of piperidine rings is 1. The quantitative estimate of drug-likeness (QED) is 0.0796. The number of carbonyl (C=O) groups is 7. The lowest BCUT2D eigenvalue weighted by Gasteiger charge is -2.35. The number of unbranched alkanes of at least 4 members (excludes halogenated alkanes) is 1. The molecule has 1 unspecified atom stereocenters. The molecule has 0 radical (unpaired) electrons. The molecule has 2 aliphatic carbocycles. The third-order valence-electron chi connectivity index (χ3n) is 11.3. The average molecular weight is 866 g/mol. The van der Waals surface area contributed by atoms with E-state index in [0.29, 0.717) is 79.1 Å². The third-order valence-corrected chi connectivity index (χ3v) is 12.7. The average Bonchev–Trinajstić information content (AvgIpc) is 3.75. The van der Waals surface area contributed by atoms with Gasteiger partial charge in [-0.05, 0) is 82.7 Å². The summed E-state index contributed by atoms with van der Waals surface area (Å²) in [7, 11) is 1.92. The molecule has 3 fully saturated rings. The Balaban J connectivity index is 0.763. The minimum atomic E-state index is -1.14. The molecule has 1 atom stereocenters. The number of rotatable bonds is 18. The predicted molar refractivity (Wildman–Crippen MR) is 218 cm³/mol. The molecule has 4 aliphatic rings. The number of aromatic nitrogens is 4. The lowest BCUT2D eigenvalue weighted by atomic mass is 9.90. The van der Waals surface area contributed by atoms with Crippen LogP contribution in [0.25, 0.3) is 11.3 Å². The van der Waals surface area contributed by atoms with E-state index in [9.17, 15) is 38.7 Å². The molecule has 6 N–H and O–H groups in total. The lowest BCUT2D eigenvalue weighted by molar-refractivity contribution is -0.136. The van der Waals surface area contributed by atoms with E-state index >= 15 is 0 Å². The van der Waals surface area contributed by atoms with Gasteiger partial charge in [-0.1, -0.05) is 11.6 Å². The molecule has 2 aliphatic heterocycles. The molecule has 2 saturated carbocycles. The Bertz CT molecular complexity index is 2130. The molecule has 1 saturated heterocycles. The van der Waals surface area contributed by atoms with Gasteiger partial charge in [0.1, 0.15) is 17.5 Å². The Labute approximate surface area is 354 Å². The van der Waals surface area contributed by atoms with E-state index < -0.39 is 35.8 Å². The van der Waals surface area contributed by atoms with Crippen molar-refractivity contribution in [3.63, 3.8) is 0 Å². The zero-order valence-corrected chi connectivity index (χ0v) is 34.7. The second-order valence-electron chi connectivity index (χ2n) is 15.6. The number of hydrogen-bond donors (Lipinski definition) is 6. The molecule has 7 amide bonds. The first-order valence-electron chi connectivity index (χ1n) is 20.2. The number of carbonyl (C=O) groups excluding carboxylic acids is 6. The van der Waals surface area contributed by atoms with Crippen LogP contribution in [-0.2, 0) is 39.2 Å². The fourth-order valence-corrected chi connectivity index (χ4v) is 9.06. The van der Waals surface area contributed by atoms with Crippen LogP contribution < -0.4 is 26.6 Å². The van der Waals surface area contributed by atoms with Gasteiger partial charge in [0, 0.05) is 48.2 Å². The van der Waals surface area contributed by atoms with Crippen LogP contribution in [-0.4, -0.2) is 120 Å². The van der Waals surface area contributed by atoms with Crippen molar-refractivity contribution in [2.75, 3.05) is 31.5 Å². The summed E-state index contributed by atoms with van der Waals surface area (Å²) in [6.45, 7) is 0.735. The molecule has 7 rings (SSSR count). The molecule has 21 heteroatoms. The number of imide groups is 2. The van der Waals surface area contributed by atoms with Crippen molar-refractivity contribution in [3.8, 4) is 11.3 Å². The largest absolute Gasteiger partial charge is 0.465 e. The smallest absolute Gasteiger partial charge is 0.408 e. The molecular weight excluding hydrogens is 818 g/mol. The summed E-state index contributed by atoms with van der Waals surface area (Å²) in [4.78, 5) is 99.0. The predicted octanol–water partition coefficient (Wildman–Crippen LogP) is 2.45. The number of amides is 7. The van der Waals surface area contributed by atoms with E-state index in [1.807, 2.05) is 11.7 Å². The molecule has 3 aromatic heterocycles. The van der Waals surface area contributed by atoms with Crippen molar-refractivity contribution < 1.29 is 38.7 Å². The number of fused-ring (bicyclic) bond motifs is 1. The molecule has 19 nitrogen and oxygen atoms in total. The fourth-order valence-electron chi connectivity index (χ4n) is 7.84. The second-order valence-corrected chi connectivity index (χ2v) is 17.2. The van der Waals surface area contributed by atoms with Crippen molar-refractivity contribution in [1.29, 1.82) is 0 Å². The molecule has 320 valence electrons. The van der Waals surface area contributed by atoms with Gasteiger partial charge in [0.05, 0.1) is 41.8 Å². The fraction of sp³-hybridized carbons (Fsp3) is 0.538. The highest BCUT2D eigenvalue weighted by Crippen LogP contribution is 2.37. The Morgan fingerprint density at radius 1 is 0.967 bits per heavy atom. The van der Waals surface area contributed by atoms with Crippen LogP contribution in [0.2, 0.25) is 5.02 Å². The van der Waals surface area contributed by atoms with Gasteiger partial charge >= 0.3 is 6.09 Å². The number of nitrogens with zero attached hydrogens (tertiary/aromatic N) is 6. The van der Waals surface area contributed by atoms with Gasteiger partial charge in [-0.2, -0.15) is 5.10 Å². The van der Waals surface area contributed by atoms with E-state index in [0.717, 1.165) is 33.9 Å². The number of aryl methyl sites for hydroxylation is 1. The zero-order chi connectivity index (χ0) is 42.5. The first kappa shape index (κ1) is 42.6. The Hall–Kier alpha value is -5.47. The van der Waals surface area contributed by atoms with Crippen LogP contribution in [0.3, 0.4) is 0 Å². The first-order chi connectivity index (χ1) is 28.9. The van der Waals surface area contributed by atoms with E-state index in [1.54, 1.807) is 12.4 Å². The molecule has 3 aromatic rings. The van der Waals surface area contributed by atoms with Crippen molar-refractivity contribution in [3.05, 3.63) is 44.5 Å². The van der Waals surface area contributed by atoms with Crippen molar-refractivity contribution in [1.82, 2.24) is 50.8 Å². The molecule has 0 aromatic carbocycles. The molecule has 5 heterocycles. The second kappa shape index (κ2) is 18.8. The number of carboxylic acid groups (broad SMARTS) is 1. The summed E-state index contributed by atoms with van der Waals surface area (Å²) in [5, 5.41) is 29.0. The topological polar surface area (TPSA) is 250 Å². The van der Waals surface area contributed by atoms with Gasteiger partial charge in [0.2, 0.25) is 29.6 Å². The van der Waals surface area contributed by atoms with Gasteiger partial charge in [-0.3, -0.25) is 48.6 Å². The Morgan fingerprint density at radius 2 is 1.73 bits per heavy atom. The summed E-state index contributed by atoms with van der Waals surface area (Å²) in [6.07, 6.45) is 9.48. The highest BCUT2D eigenvalue weighted by atomic mass is 35.5. The van der Waals surface area contributed by atoms with Crippen LogP contribution in [0, 0.1) is 5.92 Å². The number of nitrogens with one attached hydrogen (secondary N) is 5. The van der Waals surface area contributed by atoms with Gasteiger partial charge in [-0.25, -0.2) is 14.8 Å². The monoisotopic (exact) mass is 865 g/mol. The van der Waals surface area contributed by atoms with Crippen LogP contribution in [0.4, 0.5) is 10.7 Å². The highest BCUT2D eigenvalue weighted by Gasteiger charge is 2.46. The third kappa shape index (κ3) is 10.1. The Morgan fingerprint density at radius 3 is 2.45 bits per heavy atom. The summed E-state index contributed by atoms with van der Waals surface area (Å²) in [5.41, 5.74) is 2.81. The number of anilines is 1. The molecule has 60 heavy (non-hydrogen) atoms. The maximum Gasteiger partial charge on any atom is 0.408 e. The maximum absolute atomic E-state index is 12.9. The summed E-state index contributed by atoms with van der Waals surface area (Å²) in [6, 6.07) is 0.235. The summed E-state index contributed by atoms with van der Waals surface area (Å²) in [5.74, 6) is -1.85. The van der Waals surface area contributed by atoms with Gasteiger partial charge in [0.15, 0.2) is 0 Å². The summed E-state index contributed by atoms with van der Waals surface area (Å²) < 4.78 is 1.88. The van der Waals surface area contributed by atoms with Crippen LogP contribution in [0.5, 0.6) is 0 Å². The minimum absolute atomic E-state index is 0.0293. The first-order valence-corrected chi connectivity index (χ1v) is 21.4. The maximum atomic E-state index is 12.9. The highest BCUT2D eigenvalue weighted by molar-refractivity contribution is 7.14. The normalized spacial score (nSPS) is 20.2. The molecule has 0 bridgehead atoms. The van der Waals surface area contributed by atoms with Gasteiger partial charge < -0.3 is 26.4 Å². The van der Waals surface area contributed by atoms with Crippen LogP contribution >= 0.6 is 22.9 Å². The van der Waals surface area contributed by atoms with Crippen LogP contribution in [0.1, 0.15) is 94.8 Å². The number of thiophene rings is 1. The number of halogens is 1. The zero-order valence-electron chi connectivity index (χ0n) is 33.1. The number of hydrogen-bond acceptors (Lipinski definition) is 13. The van der Waals surface area contributed by atoms with E-state index in [-0.39, 0.29) is 66.8 Å². The lowest BCUT2D eigenvalue weighted by Crippen LogP contribution is -2.54. The standard InChI is InChI=1S/C39H48ClN11O8S/c1-49-29(14-21-4-5-21)26(17-45-49)33-27(40)18-44-38(48-33)46-22-6-8-23(9-7-22)50(39(58)59)20-32(54)42-13-3-2-12-41-19-31(53)43-16-24-15-25-34(60-24)37(57)51(36(25)56)28-10-11-30(52)47-35(28)55/h15,17-18,21-23,28,41H,2-14,16,19-20H2,1H3,(H,42,54)(H,43,53)(H,58,59)(H,44,46,48)(H,47,52,55). The van der Waals surface area contributed by atoms with E-state index in [4.69, 9.17) is 16.6 Å². The SMILES string of the molecule is Cn1ncc(-c2nc(NC3CCC(N(CC(=O)NCCCCNCC(=O)NCc4cc5c(s4)C(=O)N(C4CCC(=O)NC4=O)C5=O)C(=O)O)CC3)ncc2Cl)c1CC1CC1.